The van der Waals surface area contributed by atoms with Gasteiger partial charge in [0, 0.05) is 11.1 Å². The summed E-state index contributed by atoms with van der Waals surface area (Å²) in [5.74, 6) is 2.49. The van der Waals surface area contributed by atoms with Crippen molar-refractivity contribution in [2.45, 2.75) is 6.04 Å². The largest absolute Gasteiger partial charge is 0.271 e. The second kappa shape index (κ2) is 5.61. The molecule has 19 heavy (non-hydrogen) atoms. The number of benzene rings is 2. The minimum Gasteiger partial charge on any atom is -0.271 e. The second-order valence-electron chi connectivity index (χ2n) is 3.89. The van der Waals surface area contributed by atoms with Crippen LogP contribution >= 0.6 is 11.6 Å². The molecule has 0 aromatic heterocycles. The first-order chi connectivity index (χ1) is 9.06. The molecule has 3 N–H and O–H groups in total. The van der Waals surface area contributed by atoms with Gasteiger partial charge in [0.15, 0.2) is 11.6 Å². The van der Waals surface area contributed by atoms with Gasteiger partial charge in [-0.25, -0.2) is 18.6 Å². The summed E-state index contributed by atoms with van der Waals surface area (Å²) in [5.41, 5.74) is 2.21. The van der Waals surface area contributed by atoms with Crippen LogP contribution in [0.25, 0.3) is 0 Å². The zero-order valence-corrected chi connectivity index (χ0v) is 10.4. The van der Waals surface area contributed by atoms with E-state index in [4.69, 9.17) is 17.4 Å². The zero-order chi connectivity index (χ0) is 14.0. The van der Waals surface area contributed by atoms with Gasteiger partial charge in [-0.1, -0.05) is 35.9 Å². The summed E-state index contributed by atoms with van der Waals surface area (Å²) in [4.78, 5) is 0. The van der Waals surface area contributed by atoms with Crippen LogP contribution in [0.5, 0.6) is 0 Å². The van der Waals surface area contributed by atoms with Gasteiger partial charge < -0.3 is 0 Å². The normalized spacial score (nSPS) is 12.5. The van der Waals surface area contributed by atoms with E-state index in [9.17, 15) is 13.2 Å². The van der Waals surface area contributed by atoms with Crippen molar-refractivity contribution in [2.75, 3.05) is 0 Å². The molecular weight excluding hydrogens is 277 g/mol. The lowest BCUT2D eigenvalue weighted by Gasteiger charge is -2.18. The fraction of sp³-hybridized carbons (Fsp3) is 0.0769. The van der Waals surface area contributed by atoms with Crippen LogP contribution < -0.4 is 11.3 Å². The predicted octanol–water partition coefficient (Wildman–Crippen LogP) is 3.31. The van der Waals surface area contributed by atoms with E-state index >= 15 is 0 Å². The number of nitrogens with one attached hydrogen (secondary N) is 1. The van der Waals surface area contributed by atoms with Crippen molar-refractivity contribution >= 4 is 11.6 Å². The highest BCUT2D eigenvalue weighted by molar-refractivity contribution is 6.30. The van der Waals surface area contributed by atoms with Crippen LogP contribution in [0, 0.1) is 17.5 Å². The first-order valence-electron chi connectivity index (χ1n) is 5.40. The molecule has 0 amide bonds. The average molecular weight is 287 g/mol. The Kier molecular flexibility index (Phi) is 4.09. The van der Waals surface area contributed by atoms with Crippen LogP contribution in [0.2, 0.25) is 5.02 Å². The van der Waals surface area contributed by atoms with Crippen molar-refractivity contribution in [3.05, 3.63) is 70.0 Å². The maximum Gasteiger partial charge on any atom is 0.163 e. The van der Waals surface area contributed by atoms with Crippen LogP contribution in [0.3, 0.4) is 0 Å². The van der Waals surface area contributed by atoms with E-state index in [-0.39, 0.29) is 16.1 Å². The van der Waals surface area contributed by atoms with E-state index < -0.39 is 23.5 Å². The highest BCUT2D eigenvalue weighted by Crippen LogP contribution is 2.29. The molecule has 0 saturated heterocycles. The molecule has 2 aromatic carbocycles. The van der Waals surface area contributed by atoms with Crippen molar-refractivity contribution < 1.29 is 13.2 Å². The average Bonchev–Trinajstić information content (AvgIpc) is 2.40. The minimum absolute atomic E-state index is 0.0412. The molecule has 0 spiro atoms. The first-order valence-corrected chi connectivity index (χ1v) is 5.78. The smallest absolute Gasteiger partial charge is 0.163 e. The molecule has 1 atom stereocenters. The van der Waals surface area contributed by atoms with E-state index in [1.807, 2.05) is 0 Å². The Morgan fingerprint density at radius 2 is 1.53 bits per heavy atom. The lowest BCUT2D eigenvalue weighted by Crippen LogP contribution is -2.30. The first kappa shape index (κ1) is 13.9. The summed E-state index contributed by atoms with van der Waals surface area (Å²) in [6, 6.07) is 6.84. The van der Waals surface area contributed by atoms with Gasteiger partial charge in [0.25, 0.3) is 0 Å². The molecule has 0 radical (unpaired) electrons. The standard InChI is InChI=1S/C13H10ClF3N2/c14-9-5-1-3-7(11(9)16)13(19-18)8-4-2-6-10(15)12(8)17/h1-6,13,19H,18H2. The Morgan fingerprint density at radius 3 is 2.16 bits per heavy atom. The molecule has 0 heterocycles. The predicted molar refractivity (Wildman–Crippen MR) is 66.9 cm³/mol. The van der Waals surface area contributed by atoms with Gasteiger partial charge in [-0.05, 0) is 12.1 Å². The molecule has 1 unspecified atom stereocenters. The Labute approximate surface area is 113 Å². The Morgan fingerprint density at radius 1 is 0.947 bits per heavy atom. The van der Waals surface area contributed by atoms with Crippen LogP contribution in [0.15, 0.2) is 36.4 Å². The SMILES string of the molecule is NNC(c1cccc(F)c1F)c1cccc(Cl)c1F. The van der Waals surface area contributed by atoms with E-state index in [1.165, 1.54) is 30.3 Å². The highest BCUT2D eigenvalue weighted by atomic mass is 35.5. The summed E-state index contributed by atoms with van der Waals surface area (Å²) >= 11 is 5.66. The summed E-state index contributed by atoms with van der Waals surface area (Å²) in [6.07, 6.45) is 0. The monoisotopic (exact) mass is 286 g/mol. The van der Waals surface area contributed by atoms with Crippen molar-refractivity contribution in [1.82, 2.24) is 5.43 Å². The number of hydrogen-bond donors (Lipinski definition) is 2. The molecule has 0 aliphatic rings. The summed E-state index contributed by atoms with van der Waals surface area (Å²) in [7, 11) is 0. The molecule has 2 aromatic rings. The summed E-state index contributed by atoms with van der Waals surface area (Å²) in [6.45, 7) is 0. The maximum absolute atomic E-state index is 13.9. The molecule has 100 valence electrons. The number of rotatable bonds is 3. The van der Waals surface area contributed by atoms with E-state index in [0.29, 0.717) is 0 Å². The van der Waals surface area contributed by atoms with Gasteiger partial charge in [0.1, 0.15) is 5.82 Å². The van der Waals surface area contributed by atoms with E-state index in [0.717, 1.165) is 6.07 Å². The molecule has 0 aliphatic carbocycles. The highest BCUT2D eigenvalue weighted by Gasteiger charge is 2.22. The quantitative estimate of drug-likeness (QED) is 0.671. The molecule has 6 heteroatoms. The Balaban J connectivity index is 2.57. The Hall–Kier alpha value is -1.56. The van der Waals surface area contributed by atoms with Gasteiger partial charge in [-0.2, -0.15) is 0 Å². The third-order valence-corrected chi connectivity index (χ3v) is 3.04. The van der Waals surface area contributed by atoms with Crippen LogP contribution in [-0.4, -0.2) is 0 Å². The Bertz CT molecular complexity index is 553. The summed E-state index contributed by atoms with van der Waals surface area (Å²) < 4.78 is 40.9. The van der Waals surface area contributed by atoms with Crippen molar-refractivity contribution in [3.8, 4) is 0 Å². The van der Waals surface area contributed by atoms with Gasteiger partial charge in [-0.15, -0.1) is 0 Å². The summed E-state index contributed by atoms with van der Waals surface area (Å²) in [5, 5.41) is -0.116. The van der Waals surface area contributed by atoms with Crippen molar-refractivity contribution in [2.24, 2.45) is 5.84 Å². The molecule has 0 saturated carbocycles. The molecule has 0 bridgehead atoms. The second-order valence-corrected chi connectivity index (χ2v) is 4.29. The lowest BCUT2D eigenvalue weighted by atomic mass is 9.98. The molecule has 2 rings (SSSR count). The third-order valence-electron chi connectivity index (χ3n) is 2.75. The fourth-order valence-electron chi connectivity index (χ4n) is 1.83. The minimum atomic E-state index is -1.08. The van der Waals surface area contributed by atoms with E-state index in [2.05, 4.69) is 5.43 Å². The van der Waals surface area contributed by atoms with Gasteiger partial charge in [-0.3, -0.25) is 5.84 Å². The van der Waals surface area contributed by atoms with Crippen molar-refractivity contribution in [3.63, 3.8) is 0 Å². The van der Waals surface area contributed by atoms with Crippen LogP contribution in [-0.2, 0) is 0 Å². The molecule has 0 aliphatic heterocycles. The molecule has 2 nitrogen and oxygen atoms in total. The van der Waals surface area contributed by atoms with E-state index in [1.54, 1.807) is 0 Å². The van der Waals surface area contributed by atoms with Gasteiger partial charge in [0.2, 0.25) is 0 Å². The fourth-order valence-corrected chi connectivity index (χ4v) is 2.02. The third kappa shape index (κ3) is 2.58. The topological polar surface area (TPSA) is 38.0 Å². The van der Waals surface area contributed by atoms with Crippen LogP contribution in [0.1, 0.15) is 17.2 Å². The van der Waals surface area contributed by atoms with Gasteiger partial charge >= 0.3 is 0 Å². The number of hydrogen-bond acceptors (Lipinski definition) is 2. The van der Waals surface area contributed by atoms with Gasteiger partial charge in [0.05, 0.1) is 11.1 Å². The lowest BCUT2D eigenvalue weighted by molar-refractivity contribution is 0.477. The molecule has 0 fully saturated rings. The van der Waals surface area contributed by atoms with Crippen molar-refractivity contribution in [1.29, 1.82) is 0 Å². The number of hydrazine groups is 1. The van der Waals surface area contributed by atoms with Crippen LogP contribution in [0.4, 0.5) is 13.2 Å². The maximum atomic E-state index is 13.9. The number of halogens is 4. The number of nitrogens with two attached hydrogens (primary N) is 1. The zero-order valence-electron chi connectivity index (χ0n) is 9.63. The molecular formula is C13H10ClF3N2.